The number of hydrogen-bond acceptors (Lipinski definition) is 5. The number of methoxy groups -OCH3 is 1. The quantitative estimate of drug-likeness (QED) is 0.680. The van der Waals surface area contributed by atoms with E-state index in [4.69, 9.17) is 9.84 Å². The van der Waals surface area contributed by atoms with E-state index in [-0.39, 0.29) is 18.6 Å². The number of benzene rings is 1. The molecule has 0 aliphatic rings. The number of aliphatic hydroxyl groups excluding tert-OH is 1. The molecule has 2 N–H and O–H groups in total. The van der Waals surface area contributed by atoms with Gasteiger partial charge < -0.3 is 19.9 Å². The van der Waals surface area contributed by atoms with E-state index < -0.39 is 0 Å². The Kier molecular flexibility index (Phi) is 6.92. The van der Waals surface area contributed by atoms with Crippen LogP contribution in [0.15, 0.2) is 24.3 Å². The summed E-state index contributed by atoms with van der Waals surface area (Å²) >= 11 is 0. The lowest BCUT2D eigenvalue weighted by Gasteiger charge is -2.14. The SMILES string of the molecule is CNC(CCOc1ccc(CCO)cc1)C(=O)OC. The highest BCUT2D eigenvalue weighted by atomic mass is 16.5. The highest BCUT2D eigenvalue weighted by molar-refractivity contribution is 5.75. The third-order valence-electron chi connectivity index (χ3n) is 2.83. The van der Waals surface area contributed by atoms with E-state index in [9.17, 15) is 4.79 Å². The van der Waals surface area contributed by atoms with Crippen molar-refractivity contribution in [1.82, 2.24) is 5.32 Å². The van der Waals surface area contributed by atoms with Gasteiger partial charge in [0.25, 0.3) is 0 Å². The van der Waals surface area contributed by atoms with Gasteiger partial charge in [0.05, 0.1) is 13.7 Å². The number of rotatable bonds is 8. The molecular weight excluding hydrogens is 246 g/mol. The fourth-order valence-electron chi connectivity index (χ4n) is 1.70. The van der Waals surface area contributed by atoms with E-state index in [2.05, 4.69) is 10.1 Å². The molecule has 0 radical (unpaired) electrons. The molecule has 0 aromatic heterocycles. The lowest BCUT2D eigenvalue weighted by molar-refractivity contribution is -0.143. The Balaban J connectivity index is 2.37. The first-order valence-electron chi connectivity index (χ1n) is 6.29. The van der Waals surface area contributed by atoms with Gasteiger partial charge in [-0.3, -0.25) is 4.79 Å². The number of hydrogen-bond donors (Lipinski definition) is 2. The molecular formula is C14H21NO4. The van der Waals surface area contributed by atoms with E-state index in [1.54, 1.807) is 7.05 Å². The van der Waals surface area contributed by atoms with E-state index in [1.807, 2.05) is 24.3 Å². The van der Waals surface area contributed by atoms with E-state index in [0.717, 1.165) is 11.3 Å². The maximum atomic E-state index is 11.3. The lowest BCUT2D eigenvalue weighted by Crippen LogP contribution is -2.36. The standard InChI is InChI=1S/C14H21NO4/c1-15-13(14(17)18-2)8-10-19-12-5-3-11(4-6-12)7-9-16/h3-6,13,15-16H,7-10H2,1-2H3. The van der Waals surface area contributed by atoms with Gasteiger partial charge >= 0.3 is 5.97 Å². The van der Waals surface area contributed by atoms with Crippen molar-refractivity contribution in [2.45, 2.75) is 18.9 Å². The van der Waals surface area contributed by atoms with Crippen molar-refractivity contribution >= 4 is 5.97 Å². The van der Waals surface area contributed by atoms with Crippen LogP contribution in [0, 0.1) is 0 Å². The molecule has 5 heteroatoms. The number of ether oxygens (including phenoxy) is 2. The lowest BCUT2D eigenvalue weighted by atomic mass is 10.1. The summed E-state index contributed by atoms with van der Waals surface area (Å²) in [5, 5.41) is 11.7. The zero-order valence-electron chi connectivity index (χ0n) is 11.4. The molecule has 1 atom stereocenters. The summed E-state index contributed by atoms with van der Waals surface area (Å²) < 4.78 is 10.2. The molecule has 0 saturated carbocycles. The smallest absolute Gasteiger partial charge is 0.322 e. The summed E-state index contributed by atoms with van der Waals surface area (Å²) in [7, 11) is 3.08. The minimum absolute atomic E-state index is 0.142. The largest absolute Gasteiger partial charge is 0.494 e. The fourth-order valence-corrected chi connectivity index (χ4v) is 1.70. The van der Waals surface area contributed by atoms with Crippen molar-refractivity contribution in [2.24, 2.45) is 0 Å². The van der Waals surface area contributed by atoms with Crippen LogP contribution < -0.4 is 10.1 Å². The second-order valence-electron chi connectivity index (χ2n) is 4.12. The van der Waals surface area contributed by atoms with Gasteiger partial charge in [0.1, 0.15) is 11.8 Å². The van der Waals surface area contributed by atoms with Crippen LogP contribution in [0.4, 0.5) is 0 Å². The maximum Gasteiger partial charge on any atom is 0.322 e. The predicted molar refractivity (Wildman–Crippen MR) is 72.2 cm³/mol. The van der Waals surface area contributed by atoms with Crippen molar-refractivity contribution in [1.29, 1.82) is 0 Å². The molecule has 0 heterocycles. The van der Waals surface area contributed by atoms with Gasteiger partial charge in [-0.1, -0.05) is 12.1 Å². The Morgan fingerprint density at radius 1 is 1.37 bits per heavy atom. The molecule has 0 bridgehead atoms. The Labute approximate surface area is 113 Å². The predicted octanol–water partition coefficient (Wildman–Crippen LogP) is 0.751. The van der Waals surface area contributed by atoms with Gasteiger partial charge in [0.2, 0.25) is 0 Å². The van der Waals surface area contributed by atoms with Crippen LogP contribution in [0.2, 0.25) is 0 Å². The number of aliphatic hydroxyl groups is 1. The molecule has 1 unspecified atom stereocenters. The number of esters is 1. The van der Waals surface area contributed by atoms with Gasteiger partial charge in [0, 0.05) is 13.0 Å². The summed E-state index contributed by atoms with van der Waals surface area (Å²) in [4.78, 5) is 11.3. The highest BCUT2D eigenvalue weighted by Gasteiger charge is 2.16. The minimum atomic E-state index is -0.348. The van der Waals surface area contributed by atoms with Gasteiger partial charge in [-0.05, 0) is 31.2 Å². The zero-order valence-corrected chi connectivity index (χ0v) is 11.4. The zero-order chi connectivity index (χ0) is 14.1. The second-order valence-corrected chi connectivity index (χ2v) is 4.12. The molecule has 0 amide bonds. The molecule has 5 nitrogen and oxygen atoms in total. The molecule has 1 rings (SSSR count). The average Bonchev–Trinajstić information content (AvgIpc) is 2.45. The summed E-state index contributed by atoms with van der Waals surface area (Å²) in [5.74, 6) is 0.464. The third-order valence-corrected chi connectivity index (χ3v) is 2.83. The molecule has 0 aliphatic heterocycles. The van der Waals surface area contributed by atoms with Gasteiger partial charge in [-0.25, -0.2) is 0 Å². The fraction of sp³-hybridized carbons (Fsp3) is 0.500. The van der Waals surface area contributed by atoms with Crippen LogP contribution in [-0.4, -0.2) is 44.5 Å². The molecule has 0 spiro atoms. The molecule has 1 aromatic rings. The summed E-state index contributed by atoms with van der Waals surface area (Å²) in [6.45, 7) is 0.573. The van der Waals surface area contributed by atoms with Crippen molar-refractivity contribution in [3.8, 4) is 5.75 Å². The monoisotopic (exact) mass is 267 g/mol. The number of carbonyl (C=O) groups is 1. The van der Waals surface area contributed by atoms with Crippen LogP contribution in [0.3, 0.4) is 0 Å². The molecule has 1 aromatic carbocycles. The van der Waals surface area contributed by atoms with Crippen LogP contribution >= 0.6 is 0 Å². The molecule has 19 heavy (non-hydrogen) atoms. The number of nitrogens with one attached hydrogen (secondary N) is 1. The normalized spacial score (nSPS) is 11.9. The second kappa shape index (κ2) is 8.50. The summed E-state index contributed by atoms with van der Waals surface area (Å²) in [6, 6.07) is 7.20. The number of likely N-dealkylation sites (N-methyl/N-ethyl adjacent to an activating group) is 1. The highest BCUT2D eigenvalue weighted by Crippen LogP contribution is 2.13. The average molecular weight is 267 g/mol. The van der Waals surface area contributed by atoms with Gasteiger partial charge in [-0.15, -0.1) is 0 Å². The minimum Gasteiger partial charge on any atom is -0.494 e. The summed E-state index contributed by atoms with van der Waals surface area (Å²) in [6.07, 6.45) is 1.19. The Morgan fingerprint density at radius 3 is 2.58 bits per heavy atom. The number of carbonyl (C=O) groups excluding carboxylic acids is 1. The van der Waals surface area contributed by atoms with Crippen LogP contribution in [0.1, 0.15) is 12.0 Å². The van der Waals surface area contributed by atoms with Crippen LogP contribution in [0.5, 0.6) is 5.75 Å². The molecule has 0 aliphatic carbocycles. The molecule has 0 saturated heterocycles. The Hall–Kier alpha value is -1.59. The van der Waals surface area contributed by atoms with Crippen molar-refractivity contribution < 1.29 is 19.4 Å². The van der Waals surface area contributed by atoms with Crippen LogP contribution in [0.25, 0.3) is 0 Å². The first-order chi connectivity index (χ1) is 9.21. The first-order valence-corrected chi connectivity index (χ1v) is 6.29. The van der Waals surface area contributed by atoms with Gasteiger partial charge in [0.15, 0.2) is 0 Å². The summed E-state index contributed by atoms with van der Waals surface area (Å²) in [5.41, 5.74) is 1.07. The van der Waals surface area contributed by atoms with Gasteiger partial charge in [-0.2, -0.15) is 0 Å². The topological polar surface area (TPSA) is 67.8 Å². The van der Waals surface area contributed by atoms with Crippen LogP contribution in [-0.2, 0) is 16.0 Å². The van der Waals surface area contributed by atoms with E-state index in [0.29, 0.717) is 19.4 Å². The van der Waals surface area contributed by atoms with E-state index >= 15 is 0 Å². The molecule has 0 fully saturated rings. The first kappa shape index (κ1) is 15.5. The maximum absolute atomic E-state index is 11.3. The van der Waals surface area contributed by atoms with Crippen molar-refractivity contribution in [3.05, 3.63) is 29.8 Å². The molecule has 106 valence electrons. The van der Waals surface area contributed by atoms with Crippen molar-refractivity contribution in [2.75, 3.05) is 27.4 Å². The van der Waals surface area contributed by atoms with E-state index in [1.165, 1.54) is 7.11 Å². The Morgan fingerprint density at radius 2 is 2.05 bits per heavy atom. The third kappa shape index (κ3) is 5.28. The van der Waals surface area contributed by atoms with Crippen molar-refractivity contribution in [3.63, 3.8) is 0 Å². The Bertz CT molecular complexity index is 378.